The number of pyridine rings is 2. The lowest BCUT2D eigenvalue weighted by Crippen LogP contribution is -2.15. The third kappa shape index (κ3) is 4.50. The SMILES string of the molecule is CC(=N)c1cccc(CCCO/N=C2\CCCc3ccc(C)nc32)n1. The second-order valence-electron chi connectivity index (χ2n) is 6.43. The van der Waals surface area contributed by atoms with Crippen molar-refractivity contribution in [2.75, 3.05) is 6.61 Å². The van der Waals surface area contributed by atoms with Gasteiger partial charge in [-0.3, -0.25) is 9.97 Å². The summed E-state index contributed by atoms with van der Waals surface area (Å²) >= 11 is 0. The molecule has 1 N–H and O–H groups in total. The number of nitrogens with one attached hydrogen (secondary N) is 1. The summed E-state index contributed by atoms with van der Waals surface area (Å²) in [6.07, 6.45) is 4.75. The van der Waals surface area contributed by atoms with Crippen molar-refractivity contribution in [3.8, 4) is 0 Å². The van der Waals surface area contributed by atoms with Crippen LogP contribution in [0.4, 0.5) is 0 Å². The topological polar surface area (TPSA) is 71.2 Å². The van der Waals surface area contributed by atoms with E-state index in [4.69, 9.17) is 10.2 Å². The zero-order valence-electron chi connectivity index (χ0n) is 14.9. The van der Waals surface area contributed by atoms with Gasteiger partial charge in [-0.25, -0.2) is 0 Å². The highest BCUT2D eigenvalue weighted by Crippen LogP contribution is 2.20. The number of oxime groups is 1. The molecule has 5 nitrogen and oxygen atoms in total. The number of aromatic nitrogens is 2. The van der Waals surface area contributed by atoms with Crippen LogP contribution in [0.15, 0.2) is 35.5 Å². The summed E-state index contributed by atoms with van der Waals surface area (Å²) in [4.78, 5) is 14.6. The fourth-order valence-corrected chi connectivity index (χ4v) is 2.96. The molecule has 1 aliphatic carbocycles. The van der Waals surface area contributed by atoms with Crippen LogP contribution in [0, 0.1) is 12.3 Å². The van der Waals surface area contributed by atoms with Crippen LogP contribution in [0.3, 0.4) is 0 Å². The molecule has 0 bridgehead atoms. The molecule has 0 amide bonds. The Balaban J connectivity index is 1.54. The van der Waals surface area contributed by atoms with Crippen molar-refractivity contribution in [1.29, 1.82) is 5.41 Å². The van der Waals surface area contributed by atoms with Crippen LogP contribution in [0.1, 0.15) is 54.5 Å². The average Bonchev–Trinajstić information content (AvgIpc) is 2.62. The van der Waals surface area contributed by atoms with Gasteiger partial charge in [-0.2, -0.15) is 0 Å². The summed E-state index contributed by atoms with van der Waals surface area (Å²) < 4.78 is 0. The molecule has 0 aliphatic heterocycles. The molecule has 1 aliphatic rings. The van der Waals surface area contributed by atoms with Crippen LogP contribution in [-0.4, -0.2) is 28.0 Å². The lowest BCUT2D eigenvalue weighted by molar-refractivity contribution is 0.141. The van der Waals surface area contributed by atoms with Crippen molar-refractivity contribution in [2.24, 2.45) is 5.16 Å². The van der Waals surface area contributed by atoms with Gasteiger partial charge in [-0.05, 0) is 69.7 Å². The zero-order chi connectivity index (χ0) is 17.6. The number of aryl methyl sites for hydroxylation is 3. The van der Waals surface area contributed by atoms with E-state index in [1.54, 1.807) is 6.92 Å². The highest BCUT2D eigenvalue weighted by Gasteiger charge is 2.17. The van der Waals surface area contributed by atoms with E-state index in [9.17, 15) is 0 Å². The minimum atomic E-state index is 0.489. The lowest BCUT2D eigenvalue weighted by Gasteiger charge is -2.16. The first-order valence-electron chi connectivity index (χ1n) is 8.80. The van der Waals surface area contributed by atoms with Gasteiger partial charge in [0.2, 0.25) is 0 Å². The van der Waals surface area contributed by atoms with Gasteiger partial charge in [-0.1, -0.05) is 17.3 Å². The van der Waals surface area contributed by atoms with E-state index >= 15 is 0 Å². The highest BCUT2D eigenvalue weighted by molar-refractivity contribution is 6.00. The maximum atomic E-state index is 7.65. The molecule has 25 heavy (non-hydrogen) atoms. The molecular weight excluding hydrogens is 312 g/mol. The molecule has 0 fully saturated rings. The quantitative estimate of drug-likeness (QED) is 0.494. The maximum absolute atomic E-state index is 7.65. The van der Waals surface area contributed by atoms with Crippen LogP contribution in [-0.2, 0) is 17.7 Å². The molecule has 0 saturated heterocycles. The van der Waals surface area contributed by atoms with Crippen molar-refractivity contribution < 1.29 is 4.84 Å². The molecule has 0 saturated carbocycles. The second-order valence-corrected chi connectivity index (χ2v) is 6.43. The minimum Gasteiger partial charge on any atom is -0.396 e. The third-order valence-electron chi connectivity index (χ3n) is 4.29. The van der Waals surface area contributed by atoms with Crippen molar-refractivity contribution in [2.45, 2.75) is 46.0 Å². The van der Waals surface area contributed by atoms with Gasteiger partial charge in [0.1, 0.15) is 12.3 Å². The Kier molecular flexibility index (Phi) is 5.53. The van der Waals surface area contributed by atoms with E-state index in [1.807, 2.05) is 25.1 Å². The fourth-order valence-electron chi connectivity index (χ4n) is 2.96. The number of hydrogen-bond donors (Lipinski definition) is 1. The standard InChI is InChI=1S/C20H24N4O/c1-14-11-12-16-6-3-10-19(20(16)22-14)24-25-13-5-8-17-7-4-9-18(23-17)15(2)21/h4,7,9,11-12,21H,3,5-6,8,10,13H2,1-2H3/b21-15?,24-19+. The van der Waals surface area contributed by atoms with Crippen LogP contribution >= 0.6 is 0 Å². The van der Waals surface area contributed by atoms with E-state index in [0.29, 0.717) is 12.3 Å². The van der Waals surface area contributed by atoms with Gasteiger partial charge in [0.25, 0.3) is 0 Å². The number of hydrogen-bond acceptors (Lipinski definition) is 5. The molecule has 0 unspecified atom stereocenters. The molecular formula is C20H24N4O. The van der Waals surface area contributed by atoms with Crippen molar-refractivity contribution in [1.82, 2.24) is 9.97 Å². The van der Waals surface area contributed by atoms with Crippen LogP contribution in [0.25, 0.3) is 0 Å². The molecule has 2 heterocycles. The highest BCUT2D eigenvalue weighted by atomic mass is 16.6. The van der Waals surface area contributed by atoms with Gasteiger partial charge in [0, 0.05) is 11.4 Å². The predicted molar refractivity (Wildman–Crippen MR) is 99.5 cm³/mol. The Morgan fingerprint density at radius 1 is 1.20 bits per heavy atom. The molecule has 0 spiro atoms. The number of nitrogens with zero attached hydrogens (tertiary/aromatic N) is 3. The van der Waals surface area contributed by atoms with Gasteiger partial charge in [0.05, 0.1) is 17.1 Å². The lowest BCUT2D eigenvalue weighted by atomic mass is 9.94. The van der Waals surface area contributed by atoms with E-state index < -0.39 is 0 Å². The van der Waals surface area contributed by atoms with E-state index in [0.717, 1.165) is 60.6 Å². The van der Waals surface area contributed by atoms with E-state index in [2.05, 4.69) is 27.3 Å². The summed E-state index contributed by atoms with van der Waals surface area (Å²) in [6, 6.07) is 10.0. The normalized spacial score (nSPS) is 15.0. The Bertz CT molecular complexity index is 798. The number of rotatable bonds is 6. The minimum absolute atomic E-state index is 0.489. The van der Waals surface area contributed by atoms with E-state index in [1.165, 1.54) is 5.56 Å². The third-order valence-corrected chi connectivity index (χ3v) is 4.29. The van der Waals surface area contributed by atoms with Gasteiger partial charge in [0.15, 0.2) is 0 Å². The predicted octanol–water partition coefficient (Wildman–Crippen LogP) is 3.86. The zero-order valence-corrected chi connectivity index (χ0v) is 14.9. The van der Waals surface area contributed by atoms with Gasteiger partial charge >= 0.3 is 0 Å². The van der Waals surface area contributed by atoms with Crippen LogP contribution in [0.5, 0.6) is 0 Å². The first-order valence-corrected chi connectivity index (χ1v) is 8.80. The van der Waals surface area contributed by atoms with E-state index in [-0.39, 0.29) is 0 Å². The first-order chi connectivity index (χ1) is 12.1. The van der Waals surface area contributed by atoms with Crippen molar-refractivity contribution in [3.05, 3.63) is 58.7 Å². The second kappa shape index (κ2) is 8.01. The number of fused-ring (bicyclic) bond motifs is 1. The summed E-state index contributed by atoms with van der Waals surface area (Å²) in [6.45, 7) is 4.31. The molecule has 3 rings (SSSR count). The Morgan fingerprint density at radius 3 is 2.92 bits per heavy atom. The smallest absolute Gasteiger partial charge is 0.117 e. The first kappa shape index (κ1) is 17.3. The monoisotopic (exact) mass is 336 g/mol. The summed E-state index contributed by atoms with van der Waals surface area (Å²) in [5.74, 6) is 0. The van der Waals surface area contributed by atoms with Gasteiger partial charge < -0.3 is 10.2 Å². The molecule has 2 aromatic rings. The van der Waals surface area contributed by atoms with Crippen LogP contribution < -0.4 is 0 Å². The fraction of sp³-hybridized carbons (Fsp3) is 0.400. The molecule has 0 aromatic carbocycles. The summed E-state index contributed by atoms with van der Waals surface area (Å²) in [5.41, 5.74) is 6.46. The van der Waals surface area contributed by atoms with Crippen molar-refractivity contribution in [3.63, 3.8) is 0 Å². The average molecular weight is 336 g/mol. The molecule has 130 valence electrons. The Morgan fingerprint density at radius 2 is 2.08 bits per heavy atom. The largest absolute Gasteiger partial charge is 0.396 e. The summed E-state index contributed by atoms with van der Waals surface area (Å²) in [7, 11) is 0. The van der Waals surface area contributed by atoms with Gasteiger partial charge in [-0.15, -0.1) is 0 Å². The molecule has 0 radical (unpaired) electrons. The van der Waals surface area contributed by atoms with Crippen LogP contribution in [0.2, 0.25) is 0 Å². The van der Waals surface area contributed by atoms with Crippen molar-refractivity contribution >= 4 is 11.4 Å². The Hall–Kier alpha value is -2.56. The molecule has 0 atom stereocenters. The summed E-state index contributed by atoms with van der Waals surface area (Å²) in [5, 5.41) is 12.0. The molecule has 5 heteroatoms. The Labute approximate surface area is 148 Å². The molecule has 2 aromatic heterocycles. The maximum Gasteiger partial charge on any atom is 0.117 e.